The number of sulfonamides is 1. The third kappa shape index (κ3) is 4.79. The predicted molar refractivity (Wildman–Crippen MR) is 138 cm³/mol. The number of carbonyl (C=O) groups excluding carboxylic acids is 1. The number of piperidine rings is 1. The van der Waals surface area contributed by atoms with Gasteiger partial charge in [-0.05, 0) is 62.1 Å². The number of likely N-dealkylation sites (tertiary alicyclic amines) is 1. The SMILES string of the molecule is CNS(=O)(=O)c1cnn2c(Nc3ccc(F)cc3C)c(C(=O)N3CCC(c4ccccc4)CC3)cnc12. The minimum atomic E-state index is -3.84. The summed E-state index contributed by atoms with van der Waals surface area (Å²) in [6.45, 7) is 2.88. The van der Waals surface area contributed by atoms with Crippen molar-refractivity contribution < 1.29 is 17.6 Å². The van der Waals surface area contributed by atoms with E-state index in [-0.39, 0.29) is 33.6 Å². The van der Waals surface area contributed by atoms with Crippen LogP contribution < -0.4 is 10.0 Å². The number of aromatic nitrogens is 3. The maximum absolute atomic E-state index is 13.7. The Balaban J connectivity index is 1.52. The van der Waals surface area contributed by atoms with Crippen molar-refractivity contribution in [2.45, 2.75) is 30.6 Å². The molecule has 5 rings (SSSR count). The van der Waals surface area contributed by atoms with Crippen molar-refractivity contribution in [1.82, 2.24) is 24.2 Å². The molecule has 0 unspecified atom stereocenters. The van der Waals surface area contributed by atoms with Crippen molar-refractivity contribution in [3.8, 4) is 0 Å². The van der Waals surface area contributed by atoms with Gasteiger partial charge in [-0.25, -0.2) is 22.5 Å². The van der Waals surface area contributed by atoms with Crippen molar-refractivity contribution in [1.29, 1.82) is 0 Å². The first kappa shape index (κ1) is 24.8. The molecule has 0 saturated carbocycles. The fourth-order valence-corrected chi connectivity index (χ4v) is 5.48. The number of aryl methyl sites for hydroxylation is 1. The zero-order valence-corrected chi connectivity index (χ0v) is 21.3. The van der Waals surface area contributed by atoms with Crippen molar-refractivity contribution in [2.75, 3.05) is 25.5 Å². The van der Waals surface area contributed by atoms with Crippen LogP contribution in [0.3, 0.4) is 0 Å². The van der Waals surface area contributed by atoms with Crippen LogP contribution in [-0.2, 0) is 10.0 Å². The van der Waals surface area contributed by atoms with E-state index in [0.717, 1.165) is 12.8 Å². The van der Waals surface area contributed by atoms with Crippen molar-refractivity contribution in [3.05, 3.63) is 83.4 Å². The number of carbonyl (C=O) groups is 1. The molecule has 2 aromatic carbocycles. The minimum absolute atomic E-state index is 0.0657. The van der Waals surface area contributed by atoms with Gasteiger partial charge in [-0.3, -0.25) is 4.79 Å². The molecule has 0 spiro atoms. The maximum atomic E-state index is 13.7. The molecule has 0 bridgehead atoms. The minimum Gasteiger partial charge on any atom is -0.339 e. The van der Waals surface area contributed by atoms with Gasteiger partial charge < -0.3 is 10.2 Å². The molecule has 0 radical (unpaired) electrons. The average Bonchev–Trinajstić information content (AvgIpc) is 3.36. The number of amides is 1. The molecule has 1 aliphatic rings. The number of anilines is 2. The van der Waals surface area contributed by atoms with E-state index in [9.17, 15) is 17.6 Å². The Labute approximate surface area is 214 Å². The summed E-state index contributed by atoms with van der Waals surface area (Å²) in [6, 6.07) is 14.5. The van der Waals surface area contributed by atoms with Crippen LogP contribution in [0.15, 0.2) is 65.8 Å². The van der Waals surface area contributed by atoms with Gasteiger partial charge in [-0.15, -0.1) is 0 Å². The lowest BCUT2D eigenvalue weighted by Gasteiger charge is -2.32. The smallest absolute Gasteiger partial charge is 0.259 e. The third-order valence-electron chi connectivity index (χ3n) is 6.78. The van der Waals surface area contributed by atoms with Crippen LogP contribution in [0.5, 0.6) is 0 Å². The summed E-state index contributed by atoms with van der Waals surface area (Å²) in [4.78, 5) is 19.7. The van der Waals surface area contributed by atoms with Gasteiger partial charge in [0.1, 0.15) is 22.1 Å². The summed E-state index contributed by atoms with van der Waals surface area (Å²) in [5, 5.41) is 7.42. The van der Waals surface area contributed by atoms with Gasteiger partial charge in [0, 0.05) is 25.0 Å². The summed E-state index contributed by atoms with van der Waals surface area (Å²) in [6.07, 6.45) is 4.23. The zero-order valence-electron chi connectivity index (χ0n) is 20.5. The van der Waals surface area contributed by atoms with Crippen LogP contribution in [0.1, 0.15) is 40.2 Å². The average molecular weight is 523 g/mol. The Kier molecular flexibility index (Phi) is 6.65. The Morgan fingerprint density at radius 3 is 2.49 bits per heavy atom. The van der Waals surface area contributed by atoms with Gasteiger partial charge in [-0.1, -0.05) is 30.3 Å². The molecule has 4 aromatic rings. The Bertz CT molecular complexity index is 1560. The first-order valence-electron chi connectivity index (χ1n) is 12.0. The van der Waals surface area contributed by atoms with Crippen LogP contribution >= 0.6 is 0 Å². The van der Waals surface area contributed by atoms with E-state index in [2.05, 4.69) is 32.3 Å². The highest BCUT2D eigenvalue weighted by molar-refractivity contribution is 7.89. The van der Waals surface area contributed by atoms with Gasteiger partial charge in [0.2, 0.25) is 10.0 Å². The van der Waals surface area contributed by atoms with Gasteiger partial charge in [-0.2, -0.15) is 9.61 Å². The molecule has 1 fully saturated rings. The molecular weight excluding hydrogens is 495 g/mol. The molecule has 37 heavy (non-hydrogen) atoms. The second-order valence-corrected chi connectivity index (χ2v) is 10.9. The van der Waals surface area contributed by atoms with E-state index < -0.39 is 10.0 Å². The summed E-state index contributed by atoms with van der Waals surface area (Å²) >= 11 is 0. The van der Waals surface area contributed by atoms with Crippen LogP contribution in [0.2, 0.25) is 0 Å². The van der Waals surface area contributed by atoms with Crippen LogP contribution in [0.4, 0.5) is 15.9 Å². The van der Waals surface area contributed by atoms with E-state index in [1.54, 1.807) is 17.9 Å². The predicted octanol–water partition coefficient (Wildman–Crippen LogP) is 3.85. The molecule has 1 aliphatic heterocycles. The van der Waals surface area contributed by atoms with E-state index in [4.69, 9.17) is 0 Å². The standard InChI is InChI=1S/C26H27FN6O3S/c1-17-14-20(27)8-9-22(17)31-24-21(15-29-25-23(16-30-33(24)25)37(35,36)28-2)26(34)32-12-10-19(11-13-32)18-6-4-3-5-7-18/h3-9,14-16,19,28,31H,10-13H2,1-2H3. The van der Waals surface area contributed by atoms with E-state index in [1.807, 2.05) is 18.2 Å². The van der Waals surface area contributed by atoms with Crippen LogP contribution in [-0.4, -0.2) is 54.0 Å². The molecule has 0 atom stereocenters. The topological polar surface area (TPSA) is 109 Å². The van der Waals surface area contributed by atoms with Crippen LogP contribution in [0.25, 0.3) is 5.65 Å². The molecular formula is C26H27FN6O3S. The van der Waals surface area contributed by atoms with Crippen molar-refractivity contribution in [2.24, 2.45) is 0 Å². The summed E-state index contributed by atoms with van der Waals surface area (Å²) in [5.74, 6) is 0.0110. The summed E-state index contributed by atoms with van der Waals surface area (Å²) in [7, 11) is -2.54. The normalized spacial score (nSPS) is 14.7. The highest BCUT2D eigenvalue weighted by Crippen LogP contribution is 2.31. The van der Waals surface area contributed by atoms with Gasteiger partial charge >= 0.3 is 0 Å². The molecule has 2 aromatic heterocycles. The first-order valence-corrected chi connectivity index (χ1v) is 13.4. The molecule has 0 aliphatic carbocycles. The monoisotopic (exact) mass is 522 g/mol. The fourth-order valence-electron chi connectivity index (χ4n) is 4.69. The number of nitrogens with zero attached hydrogens (tertiary/aromatic N) is 4. The Morgan fingerprint density at radius 2 is 1.81 bits per heavy atom. The molecule has 9 nitrogen and oxygen atoms in total. The number of benzene rings is 2. The Hall–Kier alpha value is -3.83. The second kappa shape index (κ2) is 9.91. The lowest BCUT2D eigenvalue weighted by atomic mass is 9.89. The van der Waals surface area contributed by atoms with Gasteiger partial charge in [0.25, 0.3) is 5.91 Å². The molecule has 1 amide bonds. The van der Waals surface area contributed by atoms with Gasteiger partial charge in [0.15, 0.2) is 5.65 Å². The Morgan fingerprint density at radius 1 is 1.08 bits per heavy atom. The number of nitrogens with one attached hydrogen (secondary N) is 2. The fraction of sp³-hybridized carbons (Fsp3) is 0.269. The van der Waals surface area contributed by atoms with Crippen LogP contribution in [0, 0.1) is 12.7 Å². The highest BCUT2D eigenvalue weighted by Gasteiger charge is 2.29. The van der Waals surface area contributed by atoms with E-state index in [1.165, 1.54) is 41.7 Å². The third-order valence-corrected chi connectivity index (χ3v) is 8.18. The largest absolute Gasteiger partial charge is 0.339 e. The van der Waals surface area contributed by atoms with E-state index >= 15 is 0 Å². The number of rotatable bonds is 6. The molecule has 2 N–H and O–H groups in total. The first-order chi connectivity index (χ1) is 17.8. The quantitative estimate of drug-likeness (QED) is 0.398. The summed E-state index contributed by atoms with van der Waals surface area (Å²) < 4.78 is 42.3. The lowest BCUT2D eigenvalue weighted by molar-refractivity contribution is 0.0713. The molecule has 1 saturated heterocycles. The number of hydrogen-bond acceptors (Lipinski definition) is 6. The maximum Gasteiger partial charge on any atom is 0.259 e. The summed E-state index contributed by atoms with van der Waals surface area (Å²) in [5.41, 5.74) is 2.74. The van der Waals surface area contributed by atoms with Gasteiger partial charge in [0.05, 0.1) is 6.20 Å². The highest BCUT2D eigenvalue weighted by atomic mass is 32.2. The van der Waals surface area contributed by atoms with Crippen molar-refractivity contribution >= 4 is 33.1 Å². The number of hydrogen-bond donors (Lipinski definition) is 2. The zero-order chi connectivity index (χ0) is 26.2. The number of halogens is 1. The lowest BCUT2D eigenvalue weighted by Crippen LogP contribution is -2.38. The second-order valence-electron chi connectivity index (χ2n) is 9.03. The van der Waals surface area contributed by atoms with E-state index in [0.29, 0.717) is 30.3 Å². The number of fused-ring (bicyclic) bond motifs is 1. The molecule has 192 valence electrons. The molecule has 11 heteroatoms. The molecule has 3 heterocycles. The van der Waals surface area contributed by atoms with Crippen molar-refractivity contribution in [3.63, 3.8) is 0 Å².